The van der Waals surface area contributed by atoms with Crippen molar-refractivity contribution in [2.24, 2.45) is 0 Å². The SMILES string of the molecule is Cc1ccc(NC(=O)COC(=O)CN2C(=O)c3ccc(C(=O)OCC(=O)Nc4ccc(C)cc4)cc3C2=O)cc1. The van der Waals surface area contributed by atoms with E-state index in [-0.39, 0.29) is 16.7 Å². The Morgan fingerprint density at radius 1 is 0.675 bits per heavy atom. The summed E-state index contributed by atoms with van der Waals surface area (Å²) in [5.41, 5.74) is 2.92. The van der Waals surface area contributed by atoms with Crippen LogP contribution in [0.3, 0.4) is 0 Å². The van der Waals surface area contributed by atoms with Crippen molar-refractivity contribution in [3.63, 3.8) is 0 Å². The third kappa shape index (κ3) is 6.76. The van der Waals surface area contributed by atoms with Crippen LogP contribution in [-0.2, 0) is 23.9 Å². The van der Waals surface area contributed by atoms with Gasteiger partial charge in [0.15, 0.2) is 13.2 Å². The number of anilines is 2. The lowest BCUT2D eigenvalue weighted by Crippen LogP contribution is -2.36. The van der Waals surface area contributed by atoms with Crippen LogP contribution in [0.4, 0.5) is 11.4 Å². The Bertz CT molecular complexity index is 1500. The van der Waals surface area contributed by atoms with Crippen molar-refractivity contribution in [2.45, 2.75) is 13.8 Å². The summed E-state index contributed by atoms with van der Waals surface area (Å²) in [6, 6.07) is 17.7. The van der Waals surface area contributed by atoms with Crippen molar-refractivity contribution >= 4 is 46.9 Å². The Labute approximate surface area is 229 Å². The van der Waals surface area contributed by atoms with E-state index in [9.17, 15) is 28.8 Å². The number of hydrogen-bond acceptors (Lipinski definition) is 8. The molecule has 1 aliphatic heterocycles. The van der Waals surface area contributed by atoms with Crippen LogP contribution in [0.15, 0.2) is 66.7 Å². The Hall–Kier alpha value is -5.32. The van der Waals surface area contributed by atoms with E-state index >= 15 is 0 Å². The first-order chi connectivity index (χ1) is 19.1. The first-order valence-corrected chi connectivity index (χ1v) is 12.2. The average Bonchev–Trinajstić information content (AvgIpc) is 3.17. The second kappa shape index (κ2) is 12.0. The van der Waals surface area contributed by atoms with Gasteiger partial charge in [0.2, 0.25) is 0 Å². The fraction of sp³-hybridized carbons (Fsp3) is 0.172. The molecule has 2 N–H and O–H groups in total. The fourth-order valence-electron chi connectivity index (χ4n) is 3.76. The minimum atomic E-state index is -0.965. The maximum absolute atomic E-state index is 12.8. The van der Waals surface area contributed by atoms with E-state index in [1.54, 1.807) is 36.4 Å². The van der Waals surface area contributed by atoms with Crippen LogP contribution in [0, 0.1) is 13.8 Å². The van der Waals surface area contributed by atoms with Crippen LogP contribution in [-0.4, -0.2) is 60.2 Å². The number of aryl methyl sites for hydroxylation is 2. The summed E-state index contributed by atoms with van der Waals surface area (Å²) in [4.78, 5) is 75.0. The number of benzene rings is 3. The number of carbonyl (C=O) groups is 6. The second-order valence-corrected chi connectivity index (χ2v) is 9.02. The Kier molecular flexibility index (Phi) is 8.33. The highest BCUT2D eigenvalue weighted by Gasteiger charge is 2.37. The third-order valence-corrected chi connectivity index (χ3v) is 5.86. The van der Waals surface area contributed by atoms with Crippen molar-refractivity contribution in [3.8, 4) is 0 Å². The number of carbonyl (C=O) groups excluding carboxylic acids is 6. The molecule has 204 valence electrons. The zero-order valence-electron chi connectivity index (χ0n) is 21.7. The quantitative estimate of drug-likeness (QED) is 0.309. The summed E-state index contributed by atoms with van der Waals surface area (Å²) in [5, 5.41) is 5.16. The molecule has 0 atom stereocenters. The number of imide groups is 1. The molecule has 11 nitrogen and oxygen atoms in total. The van der Waals surface area contributed by atoms with Gasteiger partial charge < -0.3 is 20.1 Å². The van der Waals surface area contributed by atoms with Crippen molar-refractivity contribution in [3.05, 3.63) is 94.5 Å². The number of amides is 4. The number of esters is 2. The van der Waals surface area contributed by atoms with E-state index in [1.165, 1.54) is 12.1 Å². The number of fused-ring (bicyclic) bond motifs is 1. The molecule has 1 heterocycles. The number of ether oxygens (including phenoxy) is 2. The van der Waals surface area contributed by atoms with E-state index in [0.29, 0.717) is 16.3 Å². The van der Waals surface area contributed by atoms with Gasteiger partial charge in [0.25, 0.3) is 23.6 Å². The van der Waals surface area contributed by atoms with Crippen LogP contribution >= 0.6 is 0 Å². The van der Waals surface area contributed by atoms with E-state index in [0.717, 1.165) is 17.2 Å². The Morgan fingerprint density at radius 2 is 1.18 bits per heavy atom. The zero-order chi connectivity index (χ0) is 28.8. The predicted molar refractivity (Wildman–Crippen MR) is 143 cm³/mol. The molecule has 0 saturated heterocycles. The van der Waals surface area contributed by atoms with Gasteiger partial charge in [-0.05, 0) is 56.3 Å². The first-order valence-electron chi connectivity index (χ1n) is 12.2. The van der Waals surface area contributed by atoms with E-state index in [1.807, 2.05) is 26.0 Å². The lowest BCUT2D eigenvalue weighted by molar-refractivity contribution is -0.147. The summed E-state index contributed by atoms with van der Waals surface area (Å²) in [5.74, 6) is -4.55. The highest BCUT2D eigenvalue weighted by atomic mass is 16.5. The largest absolute Gasteiger partial charge is 0.454 e. The molecule has 4 rings (SSSR count). The van der Waals surface area contributed by atoms with E-state index in [4.69, 9.17) is 9.47 Å². The molecule has 40 heavy (non-hydrogen) atoms. The van der Waals surface area contributed by atoms with Gasteiger partial charge in [-0.2, -0.15) is 0 Å². The molecular weight excluding hydrogens is 518 g/mol. The molecule has 11 heteroatoms. The van der Waals surface area contributed by atoms with Gasteiger partial charge in [0.1, 0.15) is 6.54 Å². The van der Waals surface area contributed by atoms with Crippen LogP contribution in [0.25, 0.3) is 0 Å². The second-order valence-electron chi connectivity index (χ2n) is 9.02. The lowest BCUT2D eigenvalue weighted by Gasteiger charge is -2.13. The molecule has 0 fully saturated rings. The first kappa shape index (κ1) is 27.7. The normalized spacial score (nSPS) is 12.0. The zero-order valence-corrected chi connectivity index (χ0v) is 21.7. The van der Waals surface area contributed by atoms with Gasteiger partial charge in [-0.3, -0.25) is 28.9 Å². The number of rotatable bonds is 9. The molecule has 0 saturated carbocycles. The van der Waals surface area contributed by atoms with Crippen molar-refractivity contribution in [2.75, 3.05) is 30.4 Å². The summed E-state index contributed by atoms with van der Waals surface area (Å²) in [6.45, 7) is 1.91. The van der Waals surface area contributed by atoms with Crippen LogP contribution in [0.2, 0.25) is 0 Å². The minimum absolute atomic E-state index is 0.0106. The molecule has 1 aliphatic rings. The highest BCUT2D eigenvalue weighted by Crippen LogP contribution is 2.24. The molecule has 0 bridgehead atoms. The monoisotopic (exact) mass is 543 g/mol. The number of nitrogens with one attached hydrogen (secondary N) is 2. The van der Waals surface area contributed by atoms with Crippen molar-refractivity contribution in [1.29, 1.82) is 0 Å². The summed E-state index contributed by atoms with van der Waals surface area (Å²) >= 11 is 0. The van der Waals surface area contributed by atoms with Gasteiger partial charge in [0, 0.05) is 11.4 Å². The topological polar surface area (TPSA) is 148 Å². The standard InChI is InChI=1S/C29H25N3O8/c1-17-3-8-20(9-4-17)30-24(33)15-39-26(35)14-32-27(36)22-12-7-19(13-23(22)28(32)37)29(38)40-16-25(34)31-21-10-5-18(2)6-11-21/h3-13H,14-16H2,1-2H3,(H,30,33)(H,31,34). The molecule has 0 unspecified atom stereocenters. The summed E-state index contributed by atoms with van der Waals surface area (Å²) in [6.07, 6.45) is 0. The van der Waals surface area contributed by atoms with Crippen LogP contribution in [0.5, 0.6) is 0 Å². The molecule has 0 aromatic heterocycles. The molecule has 3 aromatic carbocycles. The highest BCUT2D eigenvalue weighted by molar-refractivity contribution is 6.22. The minimum Gasteiger partial charge on any atom is -0.454 e. The Morgan fingerprint density at radius 3 is 1.73 bits per heavy atom. The average molecular weight is 544 g/mol. The van der Waals surface area contributed by atoms with E-state index < -0.39 is 55.3 Å². The molecule has 0 spiro atoms. The smallest absolute Gasteiger partial charge is 0.338 e. The van der Waals surface area contributed by atoms with Gasteiger partial charge in [-0.15, -0.1) is 0 Å². The maximum Gasteiger partial charge on any atom is 0.338 e. The molecule has 0 radical (unpaired) electrons. The molecule has 4 amide bonds. The summed E-state index contributed by atoms with van der Waals surface area (Å²) < 4.78 is 9.94. The van der Waals surface area contributed by atoms with Gasteiger partial charge in [-0.25, -0.2) is 4.79 Å². The number of nitrogens with zero attached hydrogens (tertiary/aromatic N) is 1. The van der Waals surface area contributed by atoms with Gasteiger partial charge in [0.05, 0.1) is 16.7 Å². The molecular formula is C29H25N3O8. The predicted octanol–water partition coefficient (Wildman–Crippen LogP) is 2.88. The number of hydrogen-bond donors (Lipinski definition) is 2. The fourth-order valence-corrected chi connectivity index (χ4v) is 3.76. The van der Waals surface area contributed by atoms with Gasteiger partial charge in [-0.1, -0.05) is 35.4 Å². The van der Waals surface area contributed by atoms with E-state index in [2.05, 4.69) is 10.6 Å². The lowest BCUT2D eigenvalue weighted by atomic mass is 10.1. The van der Waals surface area contributed by atoms with Crippen LogP contribution < -0.4 is 10.6 Å². The Balaban J connectivity index is 1.29. The summed E-state index contributed by atoms with van der Waals surface area (Å²) in [7, 11) is 0. The van der Waals surface area contributed by atoms with Crippen molar-refractivity contribution in [1.82, 2.24) is 4.90 Å². The third-order valence-electron chi connectivity index (χ3n) is 5.86. The maximum atomic E-state index is 12.8. The van der Waals surface area contributed by atoms with Crippen LogP contribution in [0.1, 0.15) is 42.2 Å². The van der Waals surface area contributed by atoms with Gasteiger partial charge >= 0.3 is 11.9 Å². The molecule has 3 aromatic rings. The van der Waals surface area contributed by atoms with Crippen molar-refractivity contribution < 1.29 is 38.2 Å². The molecule has 0 aliphatic carbocycles.